The van der Waals surface area contributed by atoms with Crippen LogP contribution in [-0.4, -0.2) is 43.3 Å². The SMILES string of the molecule is CCCC[C@H](NS(=O)(=O)c1ccc(OCC(F)(F)F)nc1)C(=O)O. The van der Waals surface area contributed by atoms with E-state index in [9.17, 15) is 26.4 Å². The van der Waals surface area contributed by atoms with E-state index in [0.29, 0.717) is 12.8 Å². The third-order valence-electron chi connectivity index (χ3n) is 2.85. The molecule has 136 valence electrons. The van der Waals surface area contributed by atoms with Crippen LogP contribution in [0.15, 0.2) is 23.2 Å². The molecule has 11 heteroatoms. The number of hydrogen-bond acceptors (Lipinski definition) is 5. The Balaban J connectivity index is 2.81. The van der Waals surface area contributed by atoms with Crippen molar-refractivity contribution in [3.05, 3.63) is 18.3 Å². The number of ether oxygens (including phenoxy) is 1. The summed E-state index contributed by atoms with van der Waals surface area (Å²) in [5, 5.41) is 9.03. The average molecular weight is 370 g/mol. The van der Waals surface area contributed by atoms with E-state index in [2.05, 4.69) is 9.72 Å². The summed E-state index contributed by atoms with van der Waals surface area (Å²) < 4.78 is 66.7. The number of alkyl halides is 3. The van der Waals surface area contributed by atoms with Crippen LogP contribution < -0.4 is 9.46 Å². The third kappa shape index (κ3) is 6.71. The van der Waals surface area contributed by atoms with Gasteiger partial charge in [0.25, 0.3) is 0 Å². The molecule has 0 aliphatic rings. The van der Waals surface area contributed by atoms with Crippen molar-refractivity contribution in [2.75, 3.05) is 6.61 Å². The zero-order valence-corrected chi connectivity index (χ0v) is 13.5. The van der Waals surface area contributed by atoms with Gasteiger partial charge in [0.2, 0.25) is 15.9 Å². The Morgan fingerprint density at radius 1 is 1.42 bits per heavy atom. The second-order valence-corrected chi connectivity index (χ2v) is 6.60. The Morgan fingerprint density at radius 3 is 2.54 bits per heavy atom. The number of pyridine rings is 1. The molecule has 0 saturated heterocycles. The quantitative estimate of drug-likeness (QED) is 0.688. The van der Waals surface area contributed by atoms with E-state index in [-0.39, 0.29) is 11.3 Å². The molecule has 1 atom stereocenters. The van der Waals surface area contributed by atoms with Crippen molar-refractivity contribution in [2.45, 2.75) is 43.3 Å². The molecule has 0 radical (unpaired) electrons. The van der Waals surface area contributed by atoms with Gasteiger partial charge in [0.05, 0.1) is 6.20 Å². The number of carboxylic acid groups (broad SMARTS) is 1. The molecule has 0 amide bonds. The predicted octanol–water partition coefficient (Wildman–Crippen LogP) is 1.94. The number of aromatic nitrogens is 1. The predicted molar refractivity (Wildman–Crippen MR) is 77.1 cm³/mol. The second-order valence-electron chi connectivity index (χ2n) is 4.89. The van der Waals surface area contributed by atoms with Gasteiger partial charge >= 0.3 is 12.1 Å². The summed E-state index contributed by atoms with van der Waals surface area (Å²) in [5.74, 6) is -1.71. The summed E-state index contributed by atoms with van der Waals surface area (Å²) in [4.78, 5) is 14.2. The van der Waals surface area contributed by atoms with E-state index in [0.717, 1.165) is 18.3 Å². The standard InChI is InChI=1S/C13H17F3N2O5S/c1-2-3-4-10(12(19)20)18-24(21,22)9-5-6-11(17-7-9)23-8-13(14,15)16/h5-7,10,18H,2-4,8H2,1H3,(H,19,20)/t10-/m0/s1. The fourth-order valence-electron chi connectivity index (χ4n) is 1.66. The largest absolute Gasteiger partial charge is 0.480 e. The van der Waals surface area contributed by atoms with Crippen LogP contribution in [0.25, 0.3) is 0 Å². The third-order valence-corrected chi connectivity index (χ3v) is 4.30. The number of aliphatic carboxylic acids is 1. The van der Waals surface area contributed by atoms with E-state index < -0.39 is 40.7 Å². The maximum absolute atomic E-state index is 12.1. The first-order chi connectivity index (χ1) is 11.0. The van der Waals surface area contributed by atoms with Crippen LogP contribution in [0.4, 0.5) is 13.2 Å². The first kappa shape index (κ1) is 20.2. The second kappa shape index (κ2) is 8.29. The van der Waals surface area contributed by atoms with Crippen molar-refractivity contribution in [3.63, 3.8) is 0 Å². The molecule has 1 rings (SSSR count). The molecule has 2 N–H and O–H groups in total. The van der Waals surface area contributed by atoms with Crippen LogP contribution in [0.5, 0.6) is 5.88 Å². The summed E-state index contributed by atoms with van der Waals surface area (Å²) in [5.41, 5.74) is 0. The van der Waals surface area contributed by atoms with Crippen LogP contribution in [0, 0.1) is 0 Å². The Kier molecular flexibility index (Phi) is 6.96. The molecular weight excluding hydrogens is 353 g/mol. The van der Waals surface area contributed by atoms with Crippen LogP contribution in [-0.2, 0) is 14.8 Å². The van der Waals surface area contributed by atoms with E-state index >= 15 is 0 Å². The zero-order chi connectivity index (χ0) is 18.4. The Labute approximate surface area is 136 Å². The minimum atomic E-state index is -4.54. The molecule has 0 unspecified atom stereocenters. The van der Waals surface area contributed by atoms with E-state index in [1.165, 1.54) is 0 Å². The van der Waals surface area contributed by atoms with Gasteiger partial charge in [-0.05, 0) is 12.5 Å². The molecule has 0 aliphatic carbocycles. The number of sulfonamides is 1. The van der Waals surface area contributed by atoms with Crippen LogP contribution in [0.1, 0.15) is 26.2 Å². The van der Waals surface area contributed by atoms with Crippen molar-refractivity contribution in [1.29, 1.82) is 0 Å². The Morgan fingerprint density at radius 2 is 2.08 bits per heavy atom. The van der Waals surface area contributed by atoms with Crippen LogP contribution >= 0.6 is 0 Å². The maximum atomic E-state index is 12.1. The molecule has 7 nitrogen and oxygen atoms in total. The Bertz CT molecular complexity index is 647. The van der Waals surface area contributed by atoms with Crippen molar-refractivity contribution < 1.29 is 36.2 Å². The van der Waals surface area contributed by atoms with Gasteiger partial charge in [-0.1, -0.05) is 19.8 Å². The number of rotatable bonds is 9. The van der Waals surface area contributed by atoms with Gasteiger partial charge in [-0.2, -0.15) is 17.9 Å². The zero-order valence-electron chi connectivity index (χ0n) is 12.7. The topological polar surface area (TPSA) is 106 Å². The van der Waals surface area contributed by atoms with Crippen molar-refractivity contribution in [1.82, 2.24) is 9.71 Å². The van der Waals surface area contributed by atoms with Gasteiger partial charge in [0, 0.05) is 6.07 Å². The molecule has 0 fully saturated rings. The molecular formula is C13H17F3N2O5S. The minimum Gasteiger partial charge on any atom is -0.480 e. The summed E-state index contributed by atoms with van der Waals surface area (Å²) in [6.07, 6.45) is -2.42. The van der Waals surface area contributed by atoms with Gasteiger partial charge in [-0.15, -0.1) is 0 Å². The van der Waals surface area contributed by atoms with Crippen molar-refractivity contribution in [2.24, 2.45) is 0 Å². The number of nitrogens with one attached hydrogen (secondary N) is 1. The van der Waals surface area contributed by atoms with Crippen molar-refractivity contribution in [3.8, 4) is 5.88 Å². The van der Waals surface area contributed by atoms with Crippen molar-refractivity contribution >= 4 is 16.0 Å². The van der Waals surface area contributed by atoms with Gasteiger partial charge in [-0.25, -0.2) is 13.4 Å². The first-order valence-corrected chi connectivity index (χ1v) is 8.44. The number of carboxylic acids is 1. The maximum Gasteiger partial charge on any atom is 0.422 e. The lowest BCUT2D eigenvalue weighted by Crippen LogP contribution is -2.40. The summed E-state index contributed by atoms with van der Waals surface area (Å²) in [6, 6.07) is 0.651. The highest BCUT2D eigenvalue weighted by Gasteiger charge is 2.29. The lowest BCUT2D eigenvalue weighted by atomic mass is 10.1. The molecule has 1 heterocycles. The van der Waals surface area contributed by atoms with Gasteiger partial charge < -0.3 is 9.84 Å². The Hall–Kier alpha value is -1.88. The molecule has 1 aromatic heterocycles. The lowest BCUT2D eigenvalue weighted by molar-refractivity contribution is -0.154. The molecule has 24 heavy (non-hydrogen) atoms. The highest BCUT2D eigenvalue weighted by molar-refractivity contribution is 7.89. The molecule has 0 spiro atoms. The number of hydrogen-bond donors (Lipinski definition) is 2. The minimum absolute atomic E-state index is 0.116. The molecule has 0 bridgehead atoms. The first-order valence-electron chi connectivity index (χ1n) is 6.96. The lowest BCUT2D eigenvalue weighted by Gasteiger charge is -2.14. The van der Waals surface area contributed by atoms with Gasteiger partial charge in [-0.3, -0.25) is 4.79 Å². The van der Waals surface area contributed by atoms with Gasteiger partial charge in [0.1, 0.15) is 10.9 Å². The van der Waals surface area contributed by atoms with E-state index in [1.54, 1.807) is 0 Å². The molecule has 0 aliphatic heterocycles. The fourth-order valence-corrected chi connectivity index (χ4v) is 2.83. The highest BCUT2D eigenvalue weighted by atomic mass is 32.2. The monoisotopic (exact) mass is 370 g/mol. The summed E-state index contributed by atoms with van der Waals surface area (Å²) >= 11 is 0. The average Bonchev–Trinajstić information content (AvgIpc) is 2.49. The molecule has 0 saturated carbocycles. The fraction of sp³-hybridized carbons (Fsp3) is 0.538. The van der Waals surface area contributed by atoms with Gasteiger partial charge in [0.15, 0.2) is 6.61 Å². The molecule has 0 aromatic carbocycles. The number of carbonyl (C=O) groups is 1. The number of unbranched alkanes of at least 4 members (excludes halogenated alkanes) is 1. The molecule has 1 aromatic rings. The summed E-state index contributed by atoms with van der Waals surface area (Å²) in [7, 11) is -4.17. The van der Waals surface area contributed by atoms with E-state index in [1.807, 2.05) is 11.6 Å². The summed E-state index contributed by atoms with van der Waals surface area (Å²) in [6.45, 7) is 0.277. The normalized spacial score (nSPS) is 13.5. The highest BCUT2D eigenvalue weighted by Crippen LogP contribution is 2.18. The van der Waals surface area contributed by atoms with Crippen LogP contribution in [0.2, 0.25) is 0 Å². The number of nitrogens with zero attached hydrogens (tertiary/aromatic N) is 1. The van der Waals surface area contributed by atoms with E-state index in [4.69, 9.17) is 5.11 Å². The number of halogens is 3. The van der Waals surface area contributed by atoms with Crippen LogP contribution in [0.3, 0.4) is 0 Å². The smallest absolute Gasteiger partial charge is 0.422 e.